The number of carbonyl (C=O) groups is 2. The fraction of sp³-hybridized carbons (Fsp3) is 0.556. The van der Waals surface area contributed by atoms with E-state index in [9.17, 15) is 14.7 Å². The number of benzene rings is 1. The smallest absolute Gasteiger partial charge is 0.227 e. The summed E-state index contributed by atoms with van der Waals surface area (Å²) in [5, 5.41) is 11.9. The predicted molar refractivity (Wildman–Crippen MR) is 93.0 cm³/mol. The van der Waals surface area contributed by atoms with Crippen LogP contribution in [0.2, 0.25) is 0 Å². The van der Waals surface area contributed by atoms with Crippen LogP contribution in [-0.4, -0.2) is 49.2 Å². The summed E-state index contributed by atoms with van der Waals surface area (Å²) in [6.45, 7) is 4.41. The molecule has 0 bridgehead atoms. The van der Waals surface area contributed by atoms with Gasteiger partial charge in [-0.2, -0.15) is 0 Å². The molecule has 1 aromatic carbocycles. The van der Waals surface area contributed by atoms with E-state index in [1.54, 1.807) is 11.8 Å². The van der Waals surface area contributed by atoms with Gasteiger partial charge in [-0.25, -0.2) is 0 Å². The van der Waals surface area contributed by atoms with Gasteiger partial charge in [0.05, 0.1) is 12.0 Å². The molecule has 0 aliphatic carbocycles. The second-order valence-corrected chi connectivity index (χ2v) is 6.71. The number of aliphatic hydroxyl groups excluding tert-OH is 1. The number of carbonyl (C=O) groups excluding carboxylic acids is 2. The van der Waals surface area contributed by atoms with E-state index >= 15 is 0 Å². The van der Waals surface area contributed by atoms with Crippen LogP contribution in [0.5, 0.6) is 0 Å². The van der Waals surface area contributed by atoms with Crippen LogP contribution in [0.1, 0.15) is 26.2 Å². The molecule has 2 unspecified atom stereocenters. The number of amides is 2. The molecule has 2 aliphatic rings. The highest BCUT2D eigenvalue weighted by atomic mass is 16.3. The summed E-state index contributed by atoms with van der Waals surface area (Å²) in [7, 11) is 0. The molecule has 2 amide bonds. The highest BCUT2D eigenvalue weighted by molar-refractivity contribution is 6.00. The molecule has 3 rings (SSSR count). The van der Waals surface area contributed by atoms with Crippen molar-refractivity contribution in [3.05, 3.63) is 24.3 Å². The van der Waals surface area contributed by atoms with Gasteiger partial charge in [-0.3, -0.25) is 9.59 Å². The second-order valence-electron chi connectivity index (χ2n) is 6.71. The van der Waals surface area contributed by atoms with Crippen LogP contribution in [0.15, 0.2) is 24.3 Å². The van der Waals surface area contributed by atoms with E-state index in [2.05, 4.69) is 22.3 Å². The van der Waals surface area contributed by atoms with Gasteiger partial charge in [-0.05, 0) is 44.0 Å². The van der Waals surface area contributed by atoms with E-state index < -0.39 is 6.10 Å². The average Bonchev–Trinajstić information content (AvgIpc) is 3.22. The van der Waals surface area contributed by atoms with Crippen LogP contribution in [0.25, 0.3) is 0 Å². The standard InChI is InChI=1S/C18H25N3O3/c1-13(22)11-19-18(24)14-10-17(23)21(12-14)16-6-4-15(5-7-16)20-8-2-3-9-20/h4-7,13-14,22H,2-3,8-12H2,1H3,(H,19,24). The average molecular weight is 331 g/mol. The first-order valence-electron chi connectivity index (χ1n) is 8.66. The zero-order valence-corrected chi connectivity index (χ0v) is 14.1. The van der Waals surface area contributed by atoms with Crippen molar-refractivity contribution in [2.24, 2.45) is 5.92 Å². The van der Waals surface area contributed by atoms with Gasteiger partial charge in [-0.1, -0.05) is 0 Å². The molecule has 6 nitrogen and oxygen atoms in total. The number of hydrogen-bond acceptors (Lipinski definition) is 4. The number of anilines is 2. The maximum Gasteiger partial charge on any atom is 0.227 e. The van der Waals surface area contributed by atoms with E-state index in [1.807, 2.05) is 12.1 Å². The van der Waals surface area contributed by atoms with E-state index in [1.165, 1.54) is 18.5 Å². The Kier molecular flexibility index (Phi) is 5.04. The minimum Gasteiger partial charge on any atom is -0.392 e. The van der Waals surface area contributed by atoms with Crippen molar-refractivity contribution in [1.29, 1.82) is 0 Å². The lowest BCUT2D eigenvalue weighted by Gasteiger charge is -2.20. The second kappa shape index (κ2) is 7.21. The first kappa shape index (κ1) is 16.8. The van der Waals surface area contributed by atoms with Crippen molar-refractivity contribution in [1.82, 2.24) is 5.32 Å². The Labute approximate surface area is 142 Å². The van der Waals surface area contributed by atoms with Crippen LogP contribution >= 0.6 is 0 Å². The van der Waals surface area contributed by atoms with E-state index in [4.69, 9.17) is 0 Å². The molecule has 0 spiro atoms. The van der Waals surface area contributed by atoms with E-state index in [0.29, 0.717) is 6.54 Å². The first-order valence-corrected chi connectivity index (χ1v) is 8.66. The fourth-order valence-corrected chi connectivity index (χ4v) is 3.34. The molecule has 2 heterocycles. The Bertz CT molecular complexity index is 594. The van der Waals surface area contributed by atoms with Gasteiger partial charge < -0.3 is 20.2 Å². The monoisotopic (exact) mass is 331 g/mol. The summed E-state index contributed by atoms with van der Waals surface area (Å²) in [4.78, 5) is 28.4. The summed E-state index contributed by atoms with van der Waals surface area (Å²) in [6.07, 6.45) is 2.10. The largest absolute Gasteiger partial charge is 0.392 e. The van der Waals surface area contributed by atoms with Gasteiger partial charge in [0.1, 0.15) is 0 Å². The molecule has 0 aromatic heterocycles. The van der Waals surface area contributed by atoms with Gasteiger partial charge in [0.15, 0.2) is 0 Å². The third-order valence-electron chi connectivity index (χ3n) is 4.70. The summed E-state index contributed by atoms with van der Waals surface area (Å²) in [5.41, 5.74) is 2.03. The van der Waals surface area contributed by atoms with Crippen LogP contribution in [0.3, 0.4) is 0 Å². The van der Waals surface area contributed by atoms with Crippen molar-refractivity contribution in [2.45, 2.75) is 32.3 Å². The van der Waals surface area contributed by atoms with Crippen LogP contribution in [0, 0.1) is 5.92 Å². The predicted octanol–water partition coefficient (Wildman–Crippen LogP) is 1.14. The molecule has 2 aliphatic heterocycles. The Morgan fingerprint density at radius 3 is 2.50 bits per heavy atom. The molecule has 0 radical (unpaired) electrons. The summed E-state index contributed by atoms with van der Waals surface area (Å²) in [6, 6.07) is 8.02. The minimum atomic E-state index is -0.583. The number of hydrogen-bond donors (Lipinski definition) is 2. The molecule has 130 valence electrons. The molecule has 2 atom stereocenters. The van der Waals surface area contributed by atoms with Crippen LogP contribution in [-0.2, 0) is 9.59 Å². The molecule has 0 saturated carbocycles. The van der Waals surface area contributed by atoms with Crippen molar-refractivity contribution in [2.75, 3.05) is 36.0 Å². The molecule has 6 heteroatoms. The third-order valence-corrected chi connectivity index (χ3v) is 4.70. The third kappa shape index (κ3) is 3.70. The van der Waals surface area contributed by atoms with Crippen LogP contribution < -0.4 is 15.1 Å². The first-order chi connectivity index (χ1) is 11.5. The lowest BCUT2D eigenvalue weighted by molar-refractivity contribution is -0.126. The quantitative estimate of drug-likeness (QED) is 0.848. The van der Waals surface area contributed by atoms with Gasteiger partial charge in [0, 0.05) is 44.0 Å². The summed E-state index contributed by atoms with van der Waals surface area (Å²) in [5.74, 6) is -0.545. The molecule has 2 fully saturated rings. The Morgan fingerprint density at radius 1 is 1.25 bits per heavy atom. The van der Waals surface area contributed by atoms with Gasteiger partial charge >= 0.3 is 0 Å². The number of aliphatic hydroxyl groups is 1. The molecule has 2 N–H and O–H groups in total. The zero-order chi connectivity index (χ0) is 17.1. The molecule has 2 saturated heterocycles. The normalized spacial score (nSPS) is 22.1. The fourth-order valence-electron chi connectivity index (χ4n) is 3.34. The summed E-state index contributed by atoms with van der Waals surface area (Å²) < 4.78 is 0. The van der Waals surface area contributed by atoms with Crippen LogP contribution in [0.4, 0.5) is 11.4 Å². The van der Waals surface area contributed by atoms with Crippen molar-refractivity contribution < 1.29 is 14.7 Å². The number of rotatable bonds is 5. The highest BCUT2D eigenvalue weighted by Gasteiger charge is 2.35. The number of nitrogens with zero attached hydrogens (tertiary/aromatic N) is 2. The summed E-state index contributed by atoms with van der Waals surface area (Å²) >= 11 is 0. The van der Waals surface area contributed by atoms with E-state index in [0.717, 1.165) is 18.8 Å². The topological polar surface area (TPSA) is 72.9 Å². The molecular formula is C18H25N3O3. The molecule has 24 heavy (non-hydrogen) atoms. The zero-order valence-electron chi connectivity index (χ0n) is 14.1. The lowest BCUT2D eigenvalue weighted by atomic mass is 10.1. The maximum absolute atomic E-state index is 12.3. The lowest BCUT2D eigenvalue weighted by Crippen LogP contribution is -2.36. The Morgan fingerprint density at radius 2 is 1.88 bits per heavy atom. The minimum absolute atomic E-state index is 0.0267. The maximum atomic E-state index is 12.3. The van der Waals surface area contributed by atoms with Gasteiger partial charge in [-0.15, -0.1) is 0 Å². The van der Waals surface area contributed by atoms with Crippen molar-refractivity contribution >= 4 is 23.2 Å². The SMILES string of the molecule is CC(O)CNC(=O)C1CC(=O)N(c2ccc(N3CCCC3)cc2)C1. The number of nitrogens with one attached hydrogen (secondary N) is 1. The van der Waals surface area contributed by atoms with Gasteiger partial charge in [0.2, 0.25) is 11.8 Å². The van der Waals surface area contributed by atoms with Gasteiger partial charge in [0.25, 0.3) is 0 Å². The molecular weight excluding hydrogens is 306 g/mol. The van der Waals surface area contributed by atoms with Crippen molar-refractivity contribution in [3.8, 4) is 0 Å². The Hall–Kier alpha value is -2.08. The highest BCUT2D eigenvalue weighted by Crippen LogP contribution is 2.28. The van der Waals surface area contributed by atoms with E-state index in [-0.39, 0.29) is 30.7 Å². The van der Waals surface area contributed by atoms with Crippen molar-refractivity contribution in [3.63, 3.8) is 0 Å². The Balaban J connectivity index is 1.62. The molecule has 1 aromatic rings.